The molecule has 0 aliphatic carbocycles. The summed E-state index contributed by atoms with van der Waals surface area (Å²) in [4.78, 5) is 14.8. The van der Waals surface area contributed by atoms with Crippen LogP contribution in [0.4, 0.5) is 5.69 Å². The van der Waals surface area contributed by atoms with Crippen molar-refractivity contribution in [3.63, 3.8) is 0 Å². The summed E-state index contributed by atoms with van der Waals surface area (Å²) in [6, 6.07) is 20.0. The molecule has 3 aromatic rings. The number of nitrogens with zero attached hydrogens (tertiary/aromatic N) is 4. The summed E-state index contributed by atoms with van der Waals surface area (Å²) < 4.78 is 2.10. The van der Waals surface area contributed by atoms with Crippen molar-refractivity contribution < 1.29 is 4.79 Å². The Bertz CT molecular complexity index is 895. The molecule has 6 heteroatoms. The molecule has 0 unspecified atom stereocenters. The van der Waals surface area contributed by atoms with Crippen LogP contribution >= 0.6 is 11.8 Å². The van der Waals surface area contributed by atoms with Crippen LogP contribution in [0.15, 0.2) is 65.8 Å². The molecule has 0 saturated heterocycles. The number of para-hydroxylation sites is 1. The Morgan fingerprint density at radius 1 is 1.04 bits per heavy atom. The molecular weight excluding hydrogens is 368 g/mol. The van der Waals surface area contributed by atoms with Gasteiger partial charge < -0.3 is 9.47 Å². The summed E-state index contributed by atoms with van der Waals surface area (Å²) in [5.41, 5.74) is 2.12. The van der Waals surface area contributed by atoms with Gasteiger partial charge in [0.2, 0.25) is 5.91 Å². The van der Waals surface area contributed by atoms with Gasteiger partial charge in [-0.25, -0.2) is 0 Å². The molecule has 1 atom stereocenters. The molecule has 1 amide bonds. The number of hydrogen-bond donors (Lipinski definition) is 0. The van der Waals surface area contributed by atoms with E-state index < -0.39 is 0 Å². The van der Waals surface area contributed by atoms with Gasteiger partial charge in [0.25, 0.3) is 0 Å². The molecule has 5 nitrogen and oxygen atoms in total. The van der Waals surface area contributed by atoms with E-state index in [-0.39, 0.29) is 11.2 Å². The van der Waals surface area contributed by atoms with E-state index in [0.717, 1.165) is 29.6 Å². The maximum absolute atomic E-state index is 13.0. The maximum Gasteiger partial charge on any atom is 0.240 e. The monoisotopic (exact) mass is 394 g/mol. The smallest absolute Gasteiger partial charge is 0.240 e. The molecule has 0 radical (unpaired) electrons. The van der Waals surface area contributed by atoms with Crippen molar-refractivity contribution in [1.29, 1.82) is 0 Å². The van der Waals surface area contributed by atoms with Gasteiger partial charge in [-0.1, -0.05) is 60.3 Å². The molecule has 0 N–H and O–H groups in total. The minimum absolute atomic E-state index is 0.0777. The number of thioether (sulfide) groups is 1. The highest BCUT2D eigenvalue weighted by Crippen LogP contribution is 2.26. The van der Waals surface area contributed by atoms with Crippen molar-refractivity contribution in [3.05, 3.63) is 72.1 Å². The summed E-state index contributed by atoms with van der Waals surface area (Å²) in [6.07, 6.45) is 0.732. The molecule has 0 bridgehead atoms. The Balaban J connectivity index is 1.74. The lowest BCUT2D eigenvalue weighted by molar-refractivity contribution is -0.117. The number of amides is 1. The average Bonchev–Trinajstić information content (AvgIpc) is 3.11. The zero-order valence-corrected chi connectivity index (χ0v) is 17.4. The third kappa shape index (κ3) is 4.62. The number of hydrogen-bond acceptors (Lipinski definition) is 4. The van der Waals surface area contributed by atoms with Crippen LogP contribution in [-0.2, 0) is 17.8 Å². The molecule has 0 aliphatic heterocycles. The third-order valence-corrected chi connectivity index (χ3v) is 5.66. The Morgan fingerprint density at radius 3 is 2.29 bits per heavy atom. The van der Waals surface area contributed by atoms with Crippen LogP contribution in [0.3, 0.4) is 0 Å². The summed E-state index contributed by atoms with van der Waals surface area (Å²) in [5.74, 6) is 1.00. The molecule has 0 fully saturated rings. The number of anilines is 1. The van der Waals surface area contributed by atoms with Crippen molar-refractivity contribution in [2.45, 2.75) is 44.1 Å². The number of benzene rings is 2. The minimum atomic E-state index is -0.251. The second-order valence-electron chi connectivity index (χ2n) is 6.48. The first kappa shape index (κ1) is 20.1. The molecule has 3 rings (SSSR count). The van der Waals surface area contributed by atoms with Gasteiger partial charge in [-0.3, -0.25) is 4.79 Å². The molecule has 28 heavy (non-hydrogen) atoms. The normalized spacial score (nSPS) is 12.0. The van der Waals surface area contributed by atoms with Crippen LogP contribution in [0, 0.1) is 0 Å². The molecule has 1 heterocycles. The fourth-order valence-corrected chi connectivity index (χ4v) is 4.13. The van der Waals surface area contributed by atoms with Gasteiger partial charge in [0, 0.05) is 25.2 Å². The SMILES string of the molecule is CCN(C(=O)[C@H](C)Sc1nnc(Cc2ccccc2)n1CC)c1ccccc1. The molecule has 0 spiro atoms. The lowest BCUT2D eigenvalue weighted by atomic mass is 10.1. The van der Waals surface area contributed by atoms with Gasteiger partial charge in [0.1, 0.15) is 5.82 Å². The van der Waals surface area contributed by atoms with Crippen molar-refractivity contribution in [1.82, 2.24) is 14.8 Å². The van der Waals surface area contributed by atoms with Crippen molar-refractivity contribution in [2.75, 3.05) is 11.4 Å². The highest BCUT2D eigenvalue weighted by molar-refractivity contribution is 8.00. The van der Waals surface area contributed by atoms with E-state index in [1.807, 2.05) is 67.3 Å². The Hall–Kier alpha value is -2.60. The summed E-state index contributed by atoms with van der Waals surface area (Å²) in [7, 11) is 0. The maximum atomic E-state index is 13.0. The van der Waals surface area contributed by atoms with Gasteiger partial charge in [-0.2, -0.15) is 0 Å². The number of carbonyl (C=O) groups excluding carboxylic acids is 1. The first-order chi connectivity index (χ1) is 13.6. The third-order valence-electron chi connectivity index (χ3n) is 4.59. The van der Waals surface area contributed by atoms with Gasteiger partial charge in [-0.05, 0) is 38.5 Å². The van der Waals surface area contributed by atoms with E-state index in [2.05, 4.69) is 33.8 Å². The van der Waals surface area contributed by atoms with Crippen LogP contribution in [0.2, 0.25) is 0 Å². The number of aromatic nitrogens is 3. The molecule has 0 saturated carbocycles. The summed E-state index contributed by atoms with van der Waals surface area (Å²) in [5, 5.41) is 9.29. The van der Waals surface area contributed by atoms with E-state index in [1.54, 1.807) is 0 Å². The van der Waals surface area contributed by atoms with Crippen LogP contribution in [0.25, 0.3) is 0 Å². The first-order valence-corrected chi connectivity index (χ1v) is 10.5. The number of rotatable bonds is 8. The molecule has 146 valence electrons. The largest absolute Gasteiger partial charge is 0.312 e. The van der Waals surface area contributed by atoms with E-state index in [0.29, 0.717) is 6.54 Å². The first-order valence-electron chi connectivity index (χ1n) is 9.63. The average molecular weight is 395 g/mol. The summed E-state index contributed by atoms with van der Waals surface area (Å²) >= 11 is 1.47. The molecule has 1 aromatic heterocycles. The van der Waals surface area contributed by atoms with Gasteiger partial charge >= 0.3 is 0 Å². The summed E-state index contributed by atoms with van der Waals surface area (Å²) in [6.45, 7) is 7.41. The van der Waals surface area contributed by atoms with E-state index in [1.165, 1.54) is 17.3 Å². The van der Waals surface area contributed by atoms with E-state index in [9.17, 15) is 4.79 Å². The zero-order chi connectivity index (χ0) is 19.9. The second-order valence-corrected chi connectivity index (χ2v) is 7.79. The van der Waals surface area contributed by atoms with Gasteiger partial charge in [0.05, 0.1) is 5.25 Å². The van der Waals surface area contributed by atoms with Crippen LogP contribution in [0.5, 0.6) is 0 Å². The fourth-order valence-electron chi connectivity index (χ4n) is 3.13. The zero-order valence-electron chi connectivity index (χ0n) is 16.6. The lowest BCUT2D eigenvalue weighted by Gasteiger charge is -2.24. The van der Waals surface area contributed by atoms with Crippen LogP contribution in [-0.4, -0.2) is 32.5 Å². The van der Waals surface area contributed by atoms with Crippen molar-refractivity contribution in [2.24, 2.45) is 0 Å². The van der Waals surface area contributed by atoms with Crippen molar-refractivity contribution >= 4 is 23.4 Å². The predicted molar refractivity (Wildman–Crippen MR) is 115 cm³/mol. The Kier molecular flexibility index (Phi) is 6.87. The second kappa shape index (κ2) is 9.55. The fraction of sp³-hybridized carbons (Fsp3) is 0.318. The molecule has 0 aliphatic rings. The number of carbonyl (C=O) groups is 1. The van der Waals surface area contributed by atoms with Crippen LogP contribution in [0.1, 0.15) is 32.2 Å². The quantitative estimate of drug-likeness (QED) is 0.531. The Morgan fingerprint density at radius 2 is 1.68 bits per heavy atom. The standard InChI is InChI=1S/C22H26N4OS/c1-4-25(19-14-10-7-11-15-19)21(27)17(3)28-22-24-23-20(26(22)5-2)16-18-12-8-6-9-13-18/h6-15,17H,4-5,16H2,1-3H3/t17-/m0/s1. The lowest BCUT2D eigenvalue weighted by Crippen LogP contribution is -2.36. The van der Waals surface area contributed by atoms with E-state index >= 15 is 0 Å². The van der Waals surface area contributed by atoms with Gasteiger partial charge in [-0.15, -0.1) is 10.2 Å². The highest BCUT2D eigenvalue weighted by atomic mass is 32.2. The van der Waals surface area contributed by atoms with Crippen LogP contribution < -0.4 is 4.90 Å². The molecular formula is C22H26N4OS. The van der Waals surface area contributed by atoms with E-state index in [4.69, 9.17) is 0 Å². The topological polar surface area (TPSA) is 51.0 Å². The van der Waals surface area contributed by atoms with Crippen molar-refractivity contribution in [3.8, 4) is 0 Å². The Labute approximate surface area is 170 Å². The predicted octanol–water partition coefficient (Wildman–Crippen LogP) is 4.42. The highest BCUT2D eigenvalue weighted by Gasteiger charge is 2.24. The minimum Gasteiger partial charge on any atom is -0.312 e. The molecule has 2 aromatic carbocycles. The van der Waals surface area contributed by atoms with Gasteiger partial charge in [0.15, 0.2) is 5.16 Å².